The Morgan fingerprint density at radius 2 is 1.60 bits per heavy atom. The molecule has 2 aromatic carbocycles. The quantitative estimate of drug-likeness (QED) is 0.139. The van der Waals surface area contributed by atoms with Crippen molar-refractivity contribution in [1.29, 1.82) is 0 Å². The molecule has 4 aromatic rings. The molecule has 2 atom stereocenters. The highest BCUT2D eigenvalue weighted by Gasteiger charge is 2.33. The average Bonchev–Trinajstić information content (AvgIpc) is 3.00. The highest BCUT2D eigenvalue weighted by molar-refractivity contribution is 6.31. The Bertz CT molecular complexity index is 1650. The van der Waals surface area contributed by atoms with Gasteiger partial charge in [0.25, 0.3) is 0 Å². The lowest BCUT2D eigenvalue weighted by Crippen LogP contribution is -2.24. The van der Waals surface area contributed by atoms with Gasteiger partial charge in [-0.25, -0.2) is 0 Å². The lowest BCUT2D eigenvalue weighted by Gasteiger charge is -2.36. The lowest BCUT2D eigenvalue weighted by atomic mass is 9.71. The molecule has 0 radical (unpaired) electrons. The van der Waals surface area contributed by atoms with Gasteiger partial charge >= 0.3 is 0 Å². The Morgan fingerprint density at radius 1 is 0.814 bits per heavy atom. The van der Waals surface area contributed by atoms with Crippen LogP contribution in [0.1, 0.15) is 112 Å². The number of hydrogen-bond acceptors (Lipinski definition) is 3. The fourth-order valence-electron chi connectivity index (χ4n) is 8.36. The molecule has 0 spiro atoms. The summed E-state index contributed by atoms with van der Waals surface area (Å²) < 4.78 is 0. The molecule has 0 aliphatic heterocycles. The van der Waals surface area contributed by atoms with Crippen LogP contribution in [0.3, 0.4) is 0 Å². The van der Waals surface area contributed by atoms with E-state index in [1.165, 1.54) is 122 Å². The molecule has 2 bridgehead atoms. The van der Waals surface area contributed by atoms with Crippen molar-refractivity contribution in [2.45, 2.75) is 109 Å². The Hall–Kier alpha value is -2.91. The van der Waals surface area contributed by atoms with E-state index >= 15 is 0 Å². The molecule has 3 nitrogen and oxygen atoms in total. The fourth-order valence-corrected chi connectivity index (χ4v) is 8.52. The maximum absolute atomic E-state index is 6.39. The number of rotatable bonds is 11. The van der Waals surface area contributed by atoms with Crippen LogP contribution in [-0.4, -0.2) is 16.5 Å². The minimum atomic E-state index is 0.587. The molecule has 224 valence electrons. The van der Waals surface area contributed by atoms with E-state index in [0.717, 1.165) is 29.9 Å². The van der Waals surface area contributed by atoms with E-state index in [1.807, 2.05) is 12.1 Å². The number of halogens is 1. The predicted molar refractivity (Wildman–Crippen MR) is 183 cm³/mol. The van der Waals surface area contributed by atoms with Gasteiger partial charge in [-0.3, -0.25) is 9.97 Å². The first-order valence-electron chi connectivity index (χ1n) is 17.1. The minimum Gasteiger partial charge on any atom is -0.384 e. The number of fused-ring (bicyclic) bond motifs is 7. The van der Waals surface area contributed by atoms with Crippen LogP contribution in [0.15, 0.2) is 54.1 Å². The lowest BCUT2D eigenvalue weighted by molar-refractivity contribution is 0.433. The first-order valence-corrected chi connectivity index (χ1v) is 17.4. The van der Waals surface area contributed by atoms with Crippen LogP contribution in [0.25, 0.3) is 21.8 Å². The number of para-hydroxylation sites is 1. The first kappa shape index (κ1) is 28.8. The maximum Gasteiger partial charge on any atom is 0.0741 e. The summed E-state index contributed by atoms with van der Waals surface area (Å²) in [6.07, 6.45) is 21.3. The van der Waals surface area contributed by atoms with E-state index in [1.54, 1.807) is 16.7 Å². The smallest absolute Gasteiger partial charge is 0.0741 e. The zero-order chi connectivity index (χ0) is 29.2. The molecule has 0 fully saturated rings. The zero-order valence-corrected chi connectivity index (χ0v) is 26.6. The van der Waals surface area contributed by atoms with E-state index in [4.69, 9.17) is 21.6 Å². The topological polar surface area (TPSA) is 37.8 Å². The van der Waals surface area contributed by atoms with Crippen molar-refractivity contribution >= 4 is 39.1 Å². The minimum absolute atomic E-state index is 0.587. The maximum atomic E-state index is 6.39. The van der Waals surface area contributed by atoms with Gasteiger partial charge in [-0.2, -0.15) is 0 Å². The van der Waals surface area contributed by atoms with Crippen LogP contribution in [0.2, 0.25) is 5.02 Å². The second kappa shape index (κ2) is 13.0. The second-order valence-corrected chi connectivity index (χ2v) is 14.0. The molecule has 0 amide bonds. The molecule has 7 rings (SSSR count). The zero-order valence-electron chi connectivity index (χ0n) is 25.9. The van der Waals surface area contributed by atoms with Crippen molar-refractivity contribution in [1.82, 2.24) is 9.97 Å². The summed E-state index contributed by atoms with van der Waals surface area (Å²) in [7, 11) is 0. The van der Waals surface area contributed by atoms with Crippen molar-refractivity contribution in [3.8, 4) is 0 Å². The van der Waals surface area contributed by atoms with Crippen LogP contribution in [0, 0.1) is 5.92 Å². The monoisotopic (exact) mass is 591 g/mol. The molecule has 0 saturated heterocycles. The molecule has 2 aromatic heterocycles. The van der Waals surface area contributed by atoms with Gasteiger partial charge in [0.2, 0.25) is 0 Å². The van der Waals surface area contributed by atoms with Crippen molar-refractivity contribution < 1.29 is 0 Å². The van der Waals surface area contributed by atoms with Gasteiger partial charge in [0.1, 0.15) is 0 Å². The van der Waals surface area contributed by atoms with Crippen molar-refractivity contribution in [3.05, 3.63) is 87.2 Å². The Kier molecular flexibility index (Phi) is 8.71. The number of nitrogens with one attached hydrogen (secondary N) is 1. The summed E-state index contributed by atoms with van der Waals surface area (Å²) in [5, 5.41) is 7.32. The number of aryl methyl sites for hydroxylation is 2. The van der Waals surface area contributed by atoms with Gasteiger partial charge in [0.15, 0.2) is 0 Å². The summed E-state index contributed by atoms with van der Waals surface area (Å²) in [5.74, 6) is 1.22. The van der Waals surface area contributed by atoms with Gasteiger partial charge < -0.3 is 5.32 Å². The number of benzene rings is 2. The van der Waals surface area contributed by atoms with Crippen LogP contribution in [-0.2, 0) is 25.7 Å². The Labute approximate surface area is 262 Å². The van der Waals surface area contributed by atoms with E-state index in [9.17, 15) is 0 Å². The van der Waals surface area contributed by atoms with E-state index < -0.39 is 0 Å². The summed E-state index contributed by atoms with van der Waals surface area (Å²) in [5.41, 5.74) is 12.5. The van der Waals surface area contributed by atoms with Crippen LogP contribution >= 0.6 is 11.6 Å². The molecule has 4 heteroatoms. The van der Waals surface area contributed by atoms with Crippen molar-refractivity contribution in [2.75, 3.05) is 11.9 Å². The Morgan fingerprint density at radius 3 is 2.51 bits per heavy atom. The number of hydrogen-bond donors (Lipinski definition) is 1. The molecule has 0 unspecified atom stereocenters. The molecule has 3 aliphatic rings. The van der Waals surface area contributed by atoms with Gasteiger partial charge in [0, 0.05) is 45.0 Å². The summed E-state index contributed by atoms with van der Waals surface area (Å²) in [4.78, 5) is 10.2. The van der Waals surface area contributed by atoms with Crippen molar-refractivity contribution in [3.63, 3.8) is 0 Å². The van der Waals surface area contributed by atoms with Gasteiger partial charge in [0.05, 0.1) is 11.0 Å². The summed E-state index contributed by atoms with van der Waals surface area (Å²) in [6, 6.07) is 15.1. The van der Waals surface area contributed by atoms with Gasteiger partial charge in [-0.1, -0.05) is 73.6 Å². The molecule has 0 saturated carbocycles. The molecular formula is C39H46ClN3. The molecular weight excluding hydrogens is 546 g/mol. The number of pyridine rings is 2. The SMILES string of the molecule is CC1=C[C@@H]2Cc3nc4cc(Cl)ccc4c(NCCCCCCCCCc4c5c(nc6ccccc46)CCCC5)c3[C@H](C1)C2. The Balaban J connectivity index is 0.902. The fraction of sp³-hybridized carbons (Fsp3) is 0.487. The van der Waals surface area contributed by atoms with E-state index in [0.29, 0.717) is 11.8 Å². The van der Waals surface area contributed by atoms with Gasteiger partial charge in [-0.15, -0.1) is 0 Å². The molecule has 2 heterocycles. The molecule has 3 aliphatic carbocycles. The molecule has 1 N–H and O–H groups in total. The number of nitrogens with zero attached hydrogens (tertiary/aromatic N) is 2. The van der Waals surface area contributed by atoms with Crippen LogP contribution in [0.5, 0.6) is 0 Å². The van der Waals surface area contributed by atoms with E-state index in [2.05, 4.69) is 48.6 Å². The van der Waals surface area contributed by atoms with Crippen LogP contribution in [0.4, 0.5) is 5.69 Å². The second-order valence-electron chi connectivity index (χ2n) is 13.5. The highest BCUT2D eigenvalue weighted by atomic mass is 35.5. The highest BCUT2D eigenvalue weighted by Crippen LogP contribution is 2.47. The largest absolute Gasteiger partial charge is 0.384 e. The van der Waals surface area contributed by atoms with Crippen LogP contribution < -0.4 is 5.32 Å². The van der Waals surface area contributed by atoms with Crippen molar-refractivity contribution in [2.24, 2.45) is 5.92 Å². The first-order chi connectivity index (χ1) is 21.1. The number of unbranched alkanes of at least 4 members (excludes halogenated alkanes) is 6. The predicted octanol–water partition coefficient (Wildman–Crippen LogP) is 10.7. The summed E-state index contributed by atoms with van der Waals surface area (Å²) in [6.45, 7) is 3.33. The third-order valence-electron chi connectivity index (χ3n) is 10.3. The number of aromatic nitrogens is 2. The summed E-state index contributed by atoms with van der Waals surface area (Å²) >= 11 is 6.39. The third kappa shape index (κ3) is 6.21. The standard InChI is InChI=1S/C39H46ClN3/c1-26-21-27-23-28(22-26)38-37(24-27)43-36-25-29(40)18-19-33(36)39(38)41-20-12-6-4-2-3-5-7-13-30-31-14-8-10-16-34(31)42-35-17-11-9-15-32(30)35/h8,10,14,16,18-19,21,25,27-28H,2-7,9,11-13,15,17,20,22-24H2,1H3,(H,41,43)/t27-,28+/m0/s1. The number of anilines is 1. The average molecular weight is 592 g/mol. The van der Waals surface area contributed by atoms with Gasteiger partial charge in [-0.05, 0) is 118 Å². The normalized spacial score (nSPS) is 19.3. The molecule has 43 heavy (non-hydrogen) atoms. The third-order valence-corrected chi connectivity index (χ3v) is 10.5. The number of allylic oxidation sites excluding steroid dienone is 2. The van der Waals surface area contributed by atoms with E-state index in [-0.39, 0.29) is 0 Å².